The third kappa shape index (κ3) is 6.75. The Labute approximate surface area is 356 Å². The standard InChI is InChI=1S/C59H45NO/c1-3-39-37-55(52-32-31-51(49-29-24-41-13-5-8-16-46(41)35-49)59-58(52)53-18-10-11-19-56(53)61-59)60-54(33-20-38(2)57(39)50-30-25-42-14-6-9-17-47(42)36-50)44-26-21-43(22-27-44)48-28-23-40-12-4-7-15-45(40)34-48/h4-19,21-32,34-37,39H,3,20,33H2,1-2H3/b55-37-,57-38-,60-54+. The number of fused-ring (bicyclic) bond motifs is 6. The molecule has 0 bridgehead atoms. The van der Waals surface area contributed by atoms with E-state index in [0.29, 0.717) is 0 Å². The molecule has 1 aliphatic rings. The Morgan fingerprint density at radius 2 is 1.02 bits per heavy atom. The van der Waals surface area contributed by atoms with Crippen LogP contribution in [-0.4, -0.2) is 5.71 Å². The van der Waals surface area contributed by atoms with E-state index in [4.69, 9.17) is 9.41 Å². The summed E-state index contributed by atoms with van der Waals surface area (Å²) in [5.41, 5.74) is 14.8. The van der Waals surface area contributed by atoms with E-state index in [0.717, 1.165) is 74.9 Å². The lowest BCUT2D eigenvalue weighted by molar-refractivity contribution is 0.670. The van der Waals surface area contributed by atoms with E-state index in [-0.39, 0.29) is 5.92 Å². The Morgan fingerprint density at radius 1 is 0.492 bits per heavy atom. The van der Waals surface area contributed by atoms with Crippen molar-refractivity contribution in [3.05, 3.63) is 216 Å². The molecule has 2 heteroatoms. The van der Waals surface area contributed by atoms with Crippen LogP contribution in [0.15, 0.2) is 209 Å². The summed E-state index contributed by atoms with van der Waals surface area (Å²) in [6.45, 7) is 4.65. The van der Waals surface area contributed by atoms with Gasteiger partial charge >= 0.3 is 0 Å². The number of allylic oxidation sites excluding steroid dienone is 3. The smallest absolute Gasteiger partial charge is 0.143 e. The number of hydrogen-bond donors (Lipinski definition) is 0. The lowest BCUT2D eigenvalue weighted by Gasteiger charge is -2.21. The molecule has 1 atom stereocenters. The summed E-state index contributed by atoms with van der Waals surface area (Å²) in [7, 11) is 0. The van der Waals surface area contributed by atoms with Gasteiger partial charge in [-0.05, 0) is 122 Å². The van der Waals surface area contributed by atoms with E-state index < -0.39 is 0 Å². The second-order valence-corrected chi connectivity index (χ2v) is 16.5. The number of rotatable bonds is 6. The minimum absolute atomic E-state index is 0.142. The minimum atomic E-state index is 0.142. The molecule has 11 rings (SSSR count). The van der Waals surface area contributed by atoms with E-state index in [2.05, 4.69) is 208 Å². The molecule has 0 saturated carbocycles. The molecule has 292 valence electrons. The van der Waals surface area contributed by atoms with Gasteiger partial charge < -0.3 is 4.42 Å². The van der Waals surface area contributed by atoms with Crippen molar-refractivity contribution in [3.63, 3.8) is 0 Å². The molecule has 61 heavy (non-hydrogen) atoms. The van der Waals surface area contributed by atoms with Gasteiger partial charge in [0.1, 0.15) is 11.2 Å². The van der Waals surface area contributed by atoms with Gasteiger partial charge in [-0.1, -0.05) is 176 Å². The Hall–Kier alpha value is -7.29. The van der Waals surface area contributed by atoms with Crippen molar-refractivity contribution in [2.75, 3.05) is 0 Å². The highest BCUT2D eigenvalue weighted by molar-refractivity contribution is 6.16. The van der Waals surface area contributed by atoms with Crippen molar-refractivity contribution in [2.24, 2.45) is 10.9 Å². The second-order valence-electron chi connectivity index (χ2n) is 16.5. The van der Waals surface area contributed by atoms with Crippen molar-refractivity contribution >= 4 is 71.2 Å². The van der Waals surface area contributed by atoms with E-state index >= 15 is 0 Å². The number of benzene rings is 9. The van der Waals surface area contributed by atoms with Crippen LogP contribution in [0.4, 0.5) is 0 Å². The van der Waals surface area contributed by atoms with Gasteiger partial charge in [-0.15, -0.1) is 0 Å². The zero-order valence-electron chi connectivity index (χ0n) is 34.5. The lowest BCUT2D eigenvalue weighted by atomic mass is 9.83. The predicted octanol–water partition coefficient (Wildman–Crippen LogP) is 16.5. The van der Waals surface area contributed by atoms with Crippen LogP contribution in [0.1, 0.15) is 49.8 Å². The van der Waals surface area contributed by atoms with Crippen LogP contribution in [0.2, 0.25) is 0 Å². The van der Waals surface area contributed by atoms with E-state index in [1.54, 1.807) is 0 Å². The highest BCUT2D eigenvalue weighted by atomic mass is 16.3. The van der Waals surface area contributed by atoms with Gasteiger partial charge in [0.2, 0.25) is 0 Å². The summed E-state index contributed by atoms with van der Waals surface area (Å²) in [5, 5.41) is 9.66. The molecule has 10 aromatic rings. The minimum Gasteiger partial charge on any atom is -0.455 e. The highest BCUT2D eigenvalue weighted by Crippen LogP contribution is 2.44. The van der Waals surface area contributed by atoms with E-state index in [1.807, 2.05) is 0 Å². The summed E-state index contributed by atoms with van der Waals surface area (Å²) < 4.78 is 6.87. The number of furan rings is 1. The molecule has 2 heterocycles. The molecule has 0 saturated heterocycles. The van der Waals surface area contributed by atoms with Gasteiger partial charge in [-0.3, -0.25) is 4.99 Å². The number of nitrogens with zero attached hydrogens (tertiary/aromatic N) is 1. The number of para-hydroxylation sites is 1. The maximum Gasteiger partial charge on any atom is 0.143 e. The first-order valence-corrected chi connectivity index (χ1v) is 21.6. The summed E-state index contributed by atoms with van der Waals surface area (Å²) in [5.74, 6) is 0.142. The molecule has 1 aromatic heterocycles. The molecule has 2 nitrogen and oxygen atoms in total. The van der Waals surface area contributed by atoms with Crippen molar-refractivity contribution in [1.29, 1.82) is 0 Å². The van der Waals surface area contributed by atoms with Crippen molar-refractivity contribution in [2.45, 2.75) is 33.1 Å². The van der Waals surface area contributed by atoms with Crippen LogP contribution in [0.5, 0.6) is 0 Å². The third-order valence-corrected chi connectivity index (χ3v) is 12.8. The second kappa shape index (κ2) is 15.4. The van der Waals surface area contributed by atoms with Crippen LogP contribution in [-0.2, 0) is 0 Å². The van der Waals surface area contributed by atoms with Crippen molar-refractivity contribution in [1.82, 2.24) is 0 Å². The largest absolute Gasteiger partial charge is 0.455 e. The summed E-state index contributed by atoms with van der Waals surface area (Å²) in [6, 6.07) is 68.3. The molecule has 0 radical (unpaired) electrons. The molecule has 1 unspecified atom stereocenters. The van der Waals surface area contributed by atoms with Gasteiger partial charge in [0.05, 0.1) is 5.70 Å². The number of hydrogen-bond acceptors (Lipinski definition) is 2. The molecular weight excluding hydrogens is 739 g/mol. The van der Waals surface area contributed by atoms with Crippen LogP contribution in [0.3, 0.4) is 0 Å². The summed E-state index contributed by atoms with van der Waals surface area (Å²) in [6.07, 6.45) is 5.13. The Bertz CT molecular complexity index is 3410. The van der Waals surface area contributed by atoms with E-state index in [1.165, 1.54) is 60.2 Å². The Morgan fingerprint density at radius 3 is 1.69 bits per heavy atom. The molecule has 0 fully saturated rings. The topological polar surface area (TPSA) is 25.5 Å². The molecule has 0 aliphatic carbocycles. The average molecular weight is 784 g/mol. The van der Waals surface area contributed by atoms with Gasteiger partial charge in [0.25, 0.3) is 0 Å². The third-order valence-electron chi connectivity index (χ3n) is 12.8. The van der Waals surface area contributed by atoms with Crippen LogP contribution < -0.4 is 0 Å². The fourth-order valence-electron chi connectivity index (χ4n) is 9.62. The first-order valence-electron chi connectivity index (χ1n) is 21.6. The van der Waals surface area contributed by atoms with Crippen LogP contribution in [0, 0.1) is 5.92 Å². The molecule has 0 N–H and O–H groups in total. The van der Waals surface area contributed by atoms with E-state index in [9.17, 15) is 0 Å². The Balaban J connectivity index is 1.11. The zero-order valence-corrected chi connectivity index (χ0v) is 34.5. The average Bonchev–Trinajstić information content (AvgIpc) is 3.73. The molecule has 1 aliphatic heterocycles. The maximum atomic E-state index is 6.87. The summed E-state index contributed by atoms with van der Waals surface area (Å²) >= 11 is 0. The maximum absolute atomic E-state index is 6.87. The monoisotopic (exact) mass is 783 g/mol. The van der Waals surface area contributed by atoms with Crippen molar-refractivity contribution < 1.29 is 4.42 Å². The number of aliphatic imine (C=N–C) groups is 1. The van der Waals surface area contributed by atoms with Gasteiger partial charge in [0.15, 0.2) is 0 Å². The SMILES string of the molecule is CCC1/C=C(c2ccc(-c3ccc4ccccc4c3)c3oc4ccccc4c23)\N=C(\c2ccc(-c3ccc4ccccc4c3)cc2)CC/C(C)=C/1c1ccc2ccccc2c1. The first kappa shape index (κ1) is 36.8. The van der Waals surface area contributed by atoms with Crippen LogP contribution >= 0.6 is 0 Å². The fourth-order valence-corrected chi connectivity index (χ4v) is 9.62. The normalized spacial score (nSPS) is 17.8. The van der Waals surface area contributed by atoms with Crippen molar-refractivity contribution in [3.8, 4) is 22.3 Å². The fraction of sp³-hybridized carbons (Fsp3) is 0.102. The predicted molar refractivity (Wildman–Crippen MR) is 260 cm³/mol. The molecule has 0 spiro atoms. The van der Waals surface area contributed by atoms with Crippen LogP contribution in [0.25, 0.3) is 87.8 Å². The first-order chi connectivity index (χ1) is 30.1. The molecule has 9 aromatic carbocycles. The molecular formula is C59H45NO. The van der Waals surface area contributed by atoms with Gasteiger partial charge in [0, 0.05) is 33.5 Å². The lowest BCUT2D eigenvalue weighted by Crippen LogP contribution is -2.04. The van der Waals surface area contributed by atoms with Gasteiger partial charge in [-0.2, -0.15) is 0 Å². The molecule has 0 amide bonds. The summed E-state index contributed by atoms with van der Waals surface area (Å²) in [4.78, 5) is 5.78. The van der Waals surface area contributed by atoms with Gasteiger partial charge in [-0.25, -0.2) is 0 Å². The zero-order chi connectivity index (χ0) is 40.9. The quantitative estimate of drug-likeness (QED) is 0.165. The Kier molecular flexibility index (Phi) is 9.27. The highest BCUT2D eigenvalue weighted by Gasteiger charge is 2.24.